The van der Waals surface area contributed by atoms with Crippen LogP contribution in [0.4, 0.5) is 13.2 Å². The van der Waals surface area contributed by atoms with Gasteiger partial charge in [-0.25, -0.2) is 0 Å². The highest BCUT2D eigenvalue weighted by molar-refractivity contribution is 5.92. The normalized spacial score (nSPS) is 16.6. The molecule has 2 amide bonds. The lowest BCUT2D eigenvalue weighted by Crippen LogP contribution is -2.47. The fourth-order valence-corrected chi connectivity index (χ4v) is 3.55. The number of carbonyl (C=O) groups is 2. The van der Waals surface area contributed by atoms with Crippen molar-refractivity contribution < 1.29 is 22.8 Å². The SMILES string of the molecule is CCCN1C(=O)Cc2ccccc2[C@H]1C(=O)NCc1ccccc1C(F)(F)F. The van der Waals surface area contributed by atoms with Gasteiger partial charge >= 0.3 is 6.18 Å². The average Bonchev–Trinajstić information content (AvgIpc) is 2.66. The molecule has 1 heterocycles. The van der Waals surface area contributed by atoms with Crippen molar-refractivity contribution in [2.75, 3.05) is 6.54 Å². The van der Waals surface area contributed by atoms with Crippen LogP contribution in [0.2, 0.25) is 0 Å². The van der Waals surface area contributed by atoms with Gasteiger partial charge in [0.05, 0.1) is 12.0 Å². The lowest BCUT2D eigenvalue weighted by Gasteiger charge is -2.36. The van der Waals surface area contributed by atoms with Crippen molar-refractivity contribution in [1.82, 2.24) is 10.2 Å². The van der Waals surface area contributed by atoms with E-state index < -0.39 is 23.7 Å². The van der Waals surface area contributed by atoms with E-state index in [1.54, 1.807) is 24.3 Å². The Morgan fingerprint density at radius 1 is 1.14 bits per heavy atom. The zero-order chi connectivity index (χ0) is 20.3. The van der Waals surface area contributed by atoms with Crippen LogP contribution in [-0.4, -0.2) is 23.3 Å². The highest BCUT2D eigenvalue weighted by atomic mass is 19.4. The Morgan fingerprint density at radius 3 is 2.54 bits per heavy atom. The molecule has 2 aromatic carbocycles. The molecule has 3 rings (SSSR count). The minimum absolute atomic E-state index is 0.0131. The Kier molecular flexibility index (Phi) is 5.72. The molecule has 4 nitrogen and oxygen atoms in total. The summed E-state index contributed by atoms with van der Waals surface area (Å²) in [7, 11) is 0. The zero-order valence-corrected chi connectivity index (χ0v) is 15.4. The Bertz CT molecular complexity index is 880. The molecular weight excluding hydrogens is 369 g/mol. The molecule has 7 heteroatoms. The van der Waals surface area contributed by atoms with E-state index in [1.807, 2.05) is 6.92 Å². The van der Waals surface area contributed by atoms with Gasteiger partial charge in [-0.15, -0.1) is 0 Å². The minimum Gasteiger partial charge on any atom is -0.350 e. The predicted octanol–water partition coefficient (Wildman–Crippen LogP) is 3.86. The monoisotopic (exact) mass is 390 g/mol. The van der Waals surface area contributed by atoms with E-state index in [0.29, 0.717) is 13.0 Å². The zero-order valence-electron chi connectivity index (χ0n) is 15.4. The first kappa shape index (κ1) is 19.9. The number of nitrogens with one attached hydrogen (secondary N) is 1. The molecule has 0 saturated carbocycles. The van der Waals surface area contributed by atoms with Gasteiger partial charge in [-0.05, 0) is 29.2 Å². The van der Waals surface area contributed by atoms with Crippen molar-refractivity contribution in [2.24, 2.45) is 0 Å². The summed E-state index contributed by atoms with van der Waals surface area (Å²) in [6, 6.07) is 11.5. The van der Waals surface area contributed by atoms with Crippen LogP contribution in [0.15, 0.2) is 48.5 Å². The fraction of sp³-hybridized carbons (Fsp3) is 0.333. The van der Waals surface area contributed by atoms with Crippen LogP contribution in [0.5, 0.6) is 0 Å². The van der Waals surface area contributed by atoms with Gasteiger partial charge in [0.25, 0.3) is 0 Å². The van der Waals surface area contributed by atoms with Gasteiger partial charge in [-0.2, -0.15) is 13.2 Å². The third kappa shape index (κ3) is 4.03. The molecule has 1 atom stereocenters. The van der Waals surface area contributed by atoms with Crippen molar-refractivity contribution >= 4 is 11.8 Å². The molecule has 1 aliphatic rings. The molecule has 0 unspecified atom stereocenters. The van der Waals surface area contributed by atoms with Crippen molar-refractivity contribution in [3.8, 4) is 0 Å². The van der Waals surface area contributed by atoms with E-state index in [4.69, 9.17) is 0 Å². The van der Waals surface area contributed by atoms with Gasteiger partial charge in [0.1, 0.15) is 6.04 Å². The number of amides is 2. The Balaban J connectivity index is 1.86. The highest BCUT2D eigenvalue weighted by Crippen LogP contribution is 2.33. The summed E-state index contributed by atoms with van der Waals surface area (Å²) in [5.74, 6) is -0.637. The van der Waals surface area contributed by atoms with Crippen molar-refractivity contribution in [3.63, 3.8) is 0 Å². The van der Waals surface area contributed by atoms with Gasteiger partial charge in [0, 0.05) is 13.1 Å². The molecular formula is C21H21F3N2O2. The largest absolute Gasteiger partial charge is 0.416 e. The van der Waals surface area contributed by atoms with Crippen molar-refractivity contribution in [1.29, 1.82) is 0 Å². The van der Waals surface area contributed by atoms with Crippen LogP contribution < -0.4 is 5.32 Å². The molecule has 0 aliphatic carbocycles. The second-order valence-electron chi connectivity index (χ2n) is 6.74. The van der Waals surface area contributed by atoms with E-state index in [0.717, 1.165) is 17.2 Å². The second-order valence-corrected chi connectivity index (χ2v) is 6.74. The van der Waals surface area contributed by atoms with Crippen LogP contribution >= 0.6 is 0 Å². The lowest BCUT2D eigenvalue weighted by molar-refractivity contribution is -0.141. The average molecular weight is 390 g/mol. The topological polar surface area (TPSA) is 49.4 Å². The molecule has 28 heavy (non-hydrogen) atoms. The van der Waals surface area contributed by atoms with Crippen LogP contribution in [0, 0.1) is 0 Å². The van der Waals surface area contributed by atoms with Crippen molar-refractivity contribution in [3.05, 3.63) is 70.8 Å². The summed E-state index contributed by atoms with van der Waals surface area (Å²) < 4.78 is 39.5. The second kappa shape index (κ2) is 8.04. The number of hydrogen-bond acceptors (Lipinski definition) is 2. The van der Waals surface area contributed by atoms with E-state index in [-0.39, 0.29) is 24.4 Å². The van der Waals surface area contributed by atoms with Crippen LogP contribution in [0.25, 0.3) is 0 Å². The molecule has 0 radical (unpaired) electrons. The number of fused-ring (bicyclic) bond motifs is 1. The Labute approximate surface area is 161 Å². The maximum atomic E-state index is 13.2. The minimum atomic E-state index is -4.50. The molecule has 0 aromatic heterocycles. The quantitative estimate of drug-likeness (QED) is 0.843. The number of hydrogen-bond donors (Lipinski definition) is 1. The third-order valence-corrected chi connectivity index (χ3v) is 4.81. The summed E-state index contributed by atoms with van der Waals surface area (Å²) in [5, 5.41) is 2.60. The molecule has 0 bridgehead atoms. The lowest BCUT2D eigenvalue weighted by atomic mass is 9.91. The standard InChI is InChI=1S/C21H21F3N2O2/c1-2-11-26-18(27)12-14-7-3-5-9-16(14)19(26)20(28)25-13-15-8-4-6-10-17(15)21(22,23)24/h3-10,19H,2,11-13H2,1H3,(H,25,28)/t19-/m0/s1. The van der Waals surface area contributed by atoms with E-state index in [9.17, 15) is 22.8 Å². The highest BCUT2D eigenvalue weighted by Gasteiger charge is 2.37. The van der Waals surface area contributed by atoms with E-state index in [2.05, 4.69) is 5.32 Å². The third-order valence-electron chi connectivity index (χ3n) is 4.81. The first-order valence-electron chi connectivity index (χ1n) is 9.13. The van der Waals surface area contributed by atoms with Gasteiger partial charge in [-0.3, -0.25) is 9.59 Å². The van der Waals surface area contributed by atoms with Crippen molar-refractivity contribution in [2.45, 2.75) is 38.5 Å². The van der Waals surface area contributed by atoms with Gasteiger partial charge in [0.2, 0.25) is 11.8 Å². The number of rotatable bonds is 5. The number of carbonyl (C=O) groups excluding carboxylic acids is 2. The number of nitrogens with zero attached hydrogens (tertiary/aromatic N) is 1. The van der Waals surface area contributed by atoms with E-state index in [1.165, 1.54) is 23.1 Å². The first-order valence-corrected chi connectivity index (χ1v) is 9.13. The fourth-order valence-electron chi connectivity index (χ4n) is 3.55. The summed E-state index contributed by atoms with van der Waals surface area (Å²) in [6.45, 7) is 2.05. The maximum absolute atomic E-state index is 13.2. The Morgan fingerprint density at radius 2 is 1.82 bits per heavy atom. The predicted molar refractivity (Wildman–Crippen MR) is 98.2 cm³/mol. The Hall–Kier alpha value is -2.83. The van der Waals surface area contributed by atoms with E-state index >= 15 is 0 Å². The smallest absolute Gasteiger partial charge is 0.350 e. The molecule has 1 aliphatic heterocycles. The summed E-state index contributed by atoms with van der Waals surface area (Å²) in [5.41, 5.74) is 0.703. The maximum Gasteiger partial charge on any atom is 0.416 e. The molecule has 0 saturated heterocycles. The van der Waals surface area contributed by atoms with Crippen LogP contribution in [0.3, 0.4) is 0 Å². The molecule has 0 spiro atoms. The number of benzene rings is 2. The number of halogens is 3. The molecule has 2 aromatic rings. The van der Waals surface area contributed by atoms with Gasteiger partial charge in [0.15, 0.2) is 0 Å². The summed E-state index contributed by atoms with van der Waals surface area (Å²) in [6.07, 6.45) is -3.60. The first-order chi connectivity index (χ1) is 13.3. The van der Waals surface area contributed by atoms with Gasteiger partial charge in [-0.1, -0.05) is 49.4 Å². The number of alkyl halides is 3. The summed E-state index contributed by atoms with van der Waals surface area (Å²) >= 11 is 0. The molecule has 1 N–H and O–H groups in total. The van der Waals surface area contributed by atoms with Crippen LogP contribution in [0.1, 0.15) is 41.6 Å². The molecule has 148 valence electrons. The van der Waals surface area contributed by atoms with Gasteiger partial charge < -0.3 is 10.2 Å². The molecule has 0 fully saturated rings. The summed E-state index contributed by atoms with van der Waals surface area (Å²) in [4.78, 5) is 27.0. The van der Waals surface area contributed by atoms with Crippen LogP contribution in [-0.2, 0) is 28.7 Å².